The molecule has 0 radical (unpaired) electrons. The molecule has 38 heavy (non-hydrogen) atoms. The SMILES string of the molecule is Clc1cccc(-c2nc(-c3ccccc3)nc(-c3cccc(-c4cccc5c4oc4ccccc45)c3)n2)c1. The molecule has 4 nitrogen and oxygen atoms in total. The molecule has 0 bridgehead atoms. The second kappa shape index (κ2) is 9.25. The van der Waals surface area contributed by atoms with Gasteiger partial charge in [0.25, 0.3) is 0 Å². The number of benzene rings is 5. The van der Waals surface area contributed by atoms with Gasteiger partial charge in [0.1, 0.15) is 11.2 Å². The average Bonchev–Trinajstić information content (AvgIpc) is 3.36. The van der Waals surface area contributed by atoms with Gasteiger partial charge < -0.3 is 4.42 Å². The Labute approximate surface area is 224 Å². The van der Waals surface area contributed by atoms with E-state index in [0.717, 1.165) is 49.8 Å². The maximum absolute atomic E-state index is 6.29. The molecule has 0 fully saturated rings. The Bertz CT molecular complexity index is 1950. The first kappa shape index (κ1) is 22.4. The van der Waals surface area contributed by atoms with Crippen molar-refractivity contribution in [1.29, 1.82) is 0 Å². The fourth-order valence-corrected chi connectivity index (χ4v) is 4.97. The molecule has 2 heterocycles. The zero-order chi connectivity index (χ0) is 25.5. The van der Waals surface area contributed by atoms with E-state index in [1.165, 1.54) is 0 Å². The lowest BCUT2D eigenvalue weighted by Crippen LogP contribution is -2.00. The number of hydrogen-bond donors (Lipinski definition) is 0. The summed E-state index contributed by atoms with van der Waals surface area (Å²) in [6, 6.07) is 40.1. The van der Waals surface area contributed by atoms with Crippen LogP contribution in [0, 0.1) is 0 Å². The molecule has 2 aromatic heterocycles. The standard InChI is InChI=1S/C33H20ClN3O/c34-25-14-7-13-24(20-25)33-36-31(21-9-2-1-3-10-21)35-32(37-33)23-12-6-11-22(19-23)26-16-8-17-28-27-15-4-5-18-29(27)38-30(26)28/h1-20H. The van der Waals surface area contributed by atoms with E-state index >= 15 is 0 Å². The number of nitrogens with zero attached hydrogens (tertiary/aromatic N) is 3. The van der Waals surface area contributed by atoms with Gasteiger partial charge in [0.05, 0.1) is 0 Å². The first-order valence-electron chi connectivity index (χ1n) is 12.3. The quantitative estimate of drug-likeness (QED) is 0.237. The van der Waals surface area contributed by atoms with Gasteiger partial charge in [-0.05, 0) is 29.8 Å². The van der Waals surface area contributed by atoms with E-state index in [4.69, 9.17) is 31.0 Å². The van der Waals surface area contributed by atoms with Crippen LogP contribution in [0.4, 0.5) is 0 Å². The van der Waals surface area contributed by atoms with Crippen molar-refractivity contribution < 1.29 is 4.42 Å². The van der Waals surface area contributed by atoms with E-state index in [1.807, 2.05) is 84.9 Å². The summed E-state index contributed by atoms with van der Waals surface area (Å²) >= 11 is 6.29. The van der Waals surface area contributed by atoms with Gasteiger partial charge in [-0.15, -0.1) is 0 Å². The van der Waals surface area contributed by atoms with Gasteiger partial charge in [-0.3, -0.25) is 0 Å². The minimum atomic E-state index is 0.571. The molecule has 7 rings (SSSR count). The van der Waals surface area contributed by atoms with E-state index in [2.05, 4.69) is 36.4 Å². The largest absolute Gasteiger partial charge is 0.455 e. The first-order valence-corrected chi connectivity index (χ1v) is 12.7. The third kappa shape index (κ3) is 4.01. The molecule has 0 aliphatic carbocycles. The molecule has 0 N–H and O–H groups in total. The highest BCUT2D eigenvalue weighted by atomic mass is 35.5. The number of halogens is 1. The monoisotopic (exact) mass is 509 g/mol. The summed E-state index contributed by atoms with van der Waals surface area (Å²) < 4.78 is 6.29. The Kier molecular flexibility index (Phi) is 5.46. The third-order valence-corrected chi connectivity index (χ3v) is 6.82. The molecule has 7 aromatic rings. The lowest BCUT2D eigenvalue weighted by atomic mass is 10.00. The molecule has 5 aromatic carbocycles. The fourth-order valence-electron chi connectivity index (χ4n) is 4.78. The van der Waals surface area contributed by atoms with Crippen LogP contribution in [0.25, 0.3) is 67.2 Å². The summed E-state index contributed by atoms with van der Waals surface area (Å²) in [7, 11) is 0. The number of hydrogen-bond acceptors (Lipinski definition) is 4. The molecule has 0 aliphatic rings. The molecular formula is C33H20ClN3O. The molecule has 180 valence electrons. The van der Waals surface area contributed by atoms with Crippen LogP contribution in [-0.4, -0.2) is 15.0 Å². The van der Waals surface area contributed by atoms with Gasteiger partial charge in [0.2, 0.25) is 0 Å². The Morgan fingerprint density at radius 1 is 0.474 bits per heavy atom. The van der Waals surface area contributed by atoms with Gasteiger partial charge in [-0.2, -0.15) is 0 Å². The Morgan fingerprint density at radius 2 is 1.05 bits per heavy atom. The van der Waals surface area contributed by atoms with Crippen molar-refractivity contribution in [2.24, 2.45) is 0 Å². The lowest BCUT2D eigenvalue weighted by Gasteiger charge is -2.10. The highest BCUT2D eigenvalue weighted by Crippen LogP contribution is 2.37. The van der Waals surface area contributed by atoms with Crippen LogP contribution in [0.5, 0.6) is 0 Å². The van der Waals surface area contributed by atoms with Crippen molar-refractivity contribution >= 4 is 33.5 Å². The Morgan fingerprint density at radius 3 is 1.84 bits per heavy atom. The number of fused-ring (bicyclic) bond motifs is 3. The maximum Gasteiger partial charge on any atom is 0.164 e. The summed E-state index contributed by atoms with van der Waals surface area (Å²) in [5.74, 6) is 1.77. The van der Waals surface area contributed by atoms with Crippen LogP contribution < -0.4 is 0 Å². The fraction of sp³-hybridized carbons (Fsp3) is 0. The van der Waals surface area contributed by atoms with Gasteiger partial charge in [-0.1, -0.05) is 109 Å². The zero-order valence-corrected chi connectivity index (χ0v) is 20.9. The van der Waals surface area contributed by atoms with E-state index in [1.54, 1.807) is 0 Å². The summed E-state index contributed by atoms with van der Waals surface area (Å²) in [6.07, 6.45) is 0. The van der Waals surface area contributed by atoms with Gasteiger partial charge in [0.15, 0.2) is 17.5 Å². The molecule has 0 spiro atoms. The second-order valence-electron chi connectivity index (χ2n) is 9.04. The van der Waals surface area contributed by atoms with Crippen LogP contribution in [0.3, 0.4) is 0 Å². The average molecular weight is 510 g/mol. The van der Waals surface area contributed by atoms with Crippen LogP contribution in [-0.2, 0) is 0 Å². The highest BCUT2D eigenvalue weighted by Gasteiger charge is 2.15. The topological polar surface area (TPSA) is 51.8 Å². The van der Waals surface area contributed by atoms with E-state index in [9.17, 15) is 0 Å². The van der Waals surface area contributed by atoms with Crippen LogP contribution in [0.15, 0.2) is 126 Å². The minimum Gasteiger partial charge on any atom is -0.455 e. The molecule has 0 amide bonds. The molecule has 0 saturated carbocycles. The van der Waals surface area contributed by atoms with Crippen molar-refractivity contribution in [2.75, 3.05) is 0 Å². The minimum absolute atomic E-state index is 0.571. The van der Waals surface area contributed by atoms with Crippen LogP contribution in [0.1, 0.15) is 0 Å². The molecular weight excluding hydrogens is 490 g/mol. The first-order chi connectivity index (χ1) is 18.7. The van der Waals surface area contributed by atoms with Gasteiger partial charge >= 0.3 is 0 Å². The van der Waals surface area contributed by atoms with Crippen molar-refractivity contribution in [3.05, 3.63) is 126 Å². The Balaban J connectivity index is 1.40. The molecule has 0 saturated heterocycles. The van der Waals surface area contributed by atoms with Crippen molar-refractivity contribution in [3.63, 3.8) is 0 Å². The molecule has 0 aliphatic heterocycles. The van der Waals surface area contributed by atoms with E-state index in [0.29, 0.717) is 22.5 Å². The molecule has 0 atom stereocenters. The summed E-state index contributed by atoms with van der Waals surface area (Å²) in [6.45, 7) is 0. The second-order valence-corrected chi connectivity index (χ2v) is 9.48. The summed E-state index contributed by atoms with van der Waals surface area (Å²) in [4.78, 5) is 14.5. The number of rotatable bonds is 4. The number of para-hydroxylation sites is 2. The predicted octanol–water partition coefficient (Wildman–Crippen LogP) is 9.09. The lowest BCUT2D eigenvalue weighted by molar-refractivity contribution is 0.670. The molecule has 5 heteroatoms. The van der Waals surface area contributed by atoms with Gasteiger partial charge in [-0.25, -0.2) is 15.0 Å². The summed E-state index contributed by atoms with van der Waals surface area (Å²) in [5, 5.41) is 2.83. The summed E-state index contributed by atoms with van der Waals surface area (Å²) in [5.41, 5.74) is 6.43. The van der Waals surface area contributed by atoms with Crippen LogP contribution >= 0.6 is 11.6 Å². The smallest absolute Gasteiger partial charge is 0.164 e. The third-order valence-electron chi connectivity index (χ3n) is 6.59. The van der Waals surface area contributed by atoms with Crippen molar-refractivity contribution in [3.8, 4) is 45.3 Å². The van der Waals surface area contributed by atoms with E-state index in [-0.39, 0.29) is 0 Å². The number of aromatic nitrogens is 3. The van der Waals surface area contributed by atoms with Crippen molar-refractivity contribution in [2.45, 2.75) is 0 Å². The van der Waals surface area contributed by atoms with E-state index < -0.39 is 0 Å². The normalized spacial score (nSPS) is 11.3. The maximum atomic E-state index is 6.29. The highest BCUT2D eigenvalue weighted by molar-refractivity contribution is 6.30. The van der Waals surface area contributed by atoms with Crippen molar-refractivity contribution in [1.82, 2.24) is 15.0 Å². The zero-order valence-electron chi connectivity index (χ0n) is 20.2. The predicted molar refractivity (Wildman–Crippen MR) is 154 cm³/mol. The van der Waals surface area contributed by atoms with Gasteiger partial charge in [0, 0.05) is 38.0 Å². The number of furan rings is 1. The molecule has 0 unspecified atom stereocenters. The van der Waals surface area contributed by atoms with Crippen LogP contribution in [0.2, 0.25) is 5.02 Å². The Hall–Kier alpha value is -4.80.